The second-order valence-corrected chi connectivity index (χ2v) is 9.30. The second-order valence-electron chi connectivity index (χ2n) is 8.38. The molecule has 1 unspecified atom stereocenters. The summed E-state index contributed by atoms with van der Waals surface area (Å²) in [6.45, 7) is 2.34. The zero-order valence-electron chi connectivity index (χ0n) is 19.0. The van der Waals surface area contributed by atoms with Gasteiger partial charge in [-0.3, -0.25) is 14.7 Å². The topological polar surface area (TPSA) is 82.2 Å². The van der Waals surface area contributed by atoms with Crippen molar-refractivity contribution in [3.05, 3.63) is 64.0 Å². The molecule has 0 radical (unpaired) electrons. The lowest BCUT2D eigenvalue weighted by molar-refractivity contribution is -0.186. The Bertz CT molecular complexity index is 1150. The highest BCUT2D eigenvalue weighted by molar-refractivity contribution is 7.12. The van der Waals surface area contributed by atoms with E-state index in [1.54, 1.807) is 0 Å². The molecule has 2 aliphatic rings. The van der Waals surface area contributed by atoms with Gasteiger partial charge in [0.15, 0.2) is 17.8 Å². The maximum absolute atomic E-state index is 12.8. The molecule has 178 valence electrons. The van der Waals surface area contributed by atoms with Crippen molar-refractivity contribution in [1.29, 1.82) is 0 Å². The molecule has 1 fully saturated rings. The molecular weight excluding hydrogens is 454 g/mol. The fourth-order valence-corrected chi connectivity index (χ4v) is 4.85. The highest BCUT2D eigenvalue weighted by atomic mass is 32.1. The summed E-state index contributed by atoms with van der Waals surface area (Å²) in [6, 6.07) is 13.8. The van der Waals surface area contributed by atoms with Gasteiger partial charge in [-0.15, -0.1) is 11.3 Å². The number of fused-ring (bicyclic) bond motifs is 1. The third-order valence-corrected chi connectivity index (χ3v) is 6.61. The fourth-order valence-electron chi connectivity index (χ4n) is 4.06. The van der Waals surface area contributed by atoms with Crippen LogP contribution in [0.1, 0.15) is 40.2 Å². The first-order valence-corrected chi connectivity index (χ1v) is 12.2. The summed E-state index contributed by atoms with van der Waals surface area (Å²) in [5, 5.41) is 1.89. The summed E-state index contributed by atoms with van der Waals surface area (Å²) >= 11 is 1.36. The number of hydrogen-bond donors (Lipinski definition) is 1. The minimum absolute atomic E-state index is 0.272. The monoisotopic (exact) mass is 481 g/mol. The quantitative estimate of drug-likeness (QED) is 0.479. The Morgan fingerprint density at radius 2 is 2.09 bits per heavy atom. The van der Waals surface area contributed by atoms with Crippen molar-refractivity contribution in [2.24, 2.45) is 0 Å². The Balaban J connectivity index is 1.22. The fraction of sp³-hybridized carbons (Fsp3) is 0.360. The van der Waals surface area contributed by atoms with Crippen molar-refractivity contribution in [2.45, 2.75) is 38.6 Å². The van der Waals surface area contributed by atoms with E-state index < -0.39 is 0 Å². The van der Waals surface area contributed by atoms with E-state index >= 15 is 0 Å². The van der Waals surface area contributed by atoms with E-state index in [0.717, 1.165) is 59.8 Å². The Labute approximate surface area is 202 Å². The van der Waals surface area contributed by atoms with Gasteiger partial charge >= 0.3 is 0 Å². The van der Waals surface area contributed by atoms with Crippen LogP contribution in [0.25, 0.3) is 11.3 Å². The van der Waals surface area contributed by atoms with Crippen molar-refractivity contribution in [3.63, 3.8) is 0 Å². The van der Waals surface area contributed by atoms with E-state index in [4.69, 9.17) is 24.0 Å². The van der Waals surface area contributed by atoms with Gasteiger partial charge in [0.1, 0.15) is 4.88 Å². The van der Waals surface area contributed by atoms with Crippen LogP contribution in [0.15, 0.2) is 47.8 Å². The minimum Gasteiger partial charge on any atom is -0.454 e. The van der Waals surface area contributed by atoms with Gasteiger partial charge in [-0.25, -0.2) is 10.3 Å². The van der Waals surface area contributed by atoms with Crippen LogP contribution in [0.2, 0.25) is 0 Å². The largest absolute Gasteiger partial charge is 0.454 e. The highest BCUT2D eigenvalue weighted by Crippen LogP contribution is 2.33. The summed E-state index contributed by atoms with van der Waals surface area (Å²) in [4.78, 5) is 25.8. The van der Waals surface area contributed by atoms with Crippen LogP contribution >= 0.6 is 11.3 Å². The second kappa shape index (κ2) is 10.5. The van der Waals surface area contributed by atoms with Crippen LogP contribution in [0, 0.1) is 0 Å². The molecule has 0 bridgehead atoms. The molecule has 0 aliphatic carbocycles. The average molecular weight is 482 g/mol. The molecule has 5 rings (SSSR count). The highest BCUT2D eigenvalue weighted by Gasteiger charge is 2.20. The molecule has 34 heavy (non-hydrogen) atoms. The summed E-state index contributed by atoms with van der Waals surface area (Å²) in [7, 11) is 2.05. The van der Waals surface area contributed by atoms with Crippen LogP contribution in [0.4, 0.5) is 0 Å². The first-order chi connectivity index (χ1) is 16.7. The summed E-state index contributed by atoms with van der Waals surface area (Å²) < 4.78 is 16.4. The number of carbonyl (C=O) groups is 1. The van der Waals surface area contributed by atoms with Gasteiger partial charge in [0.2, 0.25) is 6.79 Å². The standard InChI is InChI=1S/C25H27N3O5S/c1-28(14-17-8-9-21-22(13-17)32-16-31-21)15-18-5-4-6-20(26-18)19-10-12-34-24(19)25(29)27-33-23-7-2-3-11-30-23/h4-6,8-10,12-13,23H,2-3,7,11,14-16H2,1H3,(H,27,29). The normalized spacial score (nSPS) is 17.2. The number of aromatic nitrogens is 1. The Morgan fingerprint density at radius 3 is 2.97 bits per heavy atom. The van der Waals surface area contributed by atoms with Crippen LogP contribution in [-0.2, 0) is 22.7 Å². The lowest BCUT2D eigenvalue weighted by Gasteiger charge is -2.22. The lowest BCUT2D eigenvalue weighted by Crippen LogP contribution is -2.32. The lowest BCUT2D eigenvalue weighted by atomic mass is 10.1. The molecule has 4 heterocycles. The number of nitrogens with zero attached hydrogens (tertiary/aromatic N) is 2. The summed E-state index contributed by atoms with van der Waals surface area (Å²) in [5.41, 5.74) is 6.16. The van der Waals surface area contributed by atoms with E-state index in [9.17, 15) is 4.79 Å². The smallest absolute Gasteiger partial charge is 0.285 e. The van der Waals surface area contributed by atoms with Gasteiger partial charge in [0.05, 0.1) is 11.4 Å². The van der Waals surface area contributed by atoms with E-state index in [0.29, 0.717) is 18.0 Å². The molecule has 9 heteroatoms. The van der Waals surface area contributed by atoms with Gasteiger partial charge in [-0.2, -0.15) is 0 Å². The van der Waals surface area contributed by atoms with Crippen molar-refractivity contribution >= 4 is 17.2 Å². The zero-order valence-corrected chi connectivity index (χ0v) is 19.8. The number of amides is 1. The number of benzene rings is 1. The molecule has 2 aliphatic heterocycles. The number of carbonyl (C=O) groups excluding carboxylic acids is 1. The first-order valence-electron chi connectivity index (χ1n) is 11.3. The van der Waals surface area contributed by atoms with Gasteiger partial charge in [-0.05, 0) is 61.2 Å². The summed E-state index contributed by atoms with van der Waals surface area (Å²) in [5.74, 6) is 1.28. The van der Waals surface area contributed by atoms with Gasteiger partial charge in [0.25, 0.3) is 5.91 Å². The first kappa shape index (κ1) is 22.8. The van der Waals surface area contributed by atoms with Crippen molar-refractivity contribution in [2.75, 3.05) is 20.4 Å². The van der Waals surface area contributed by atoms with E-state index in [-0.39, 0.29) is 19.0 Å². The maximum Gasteiger partial charge on any atom is 0.285 e. The van der Waals surface area contributed by atoms with Crippen molar-refractivity contribution in [1.82, 2.24) is 15.4 Å². The number of thiophene rings is 1. The molecule has 0 saturated carbocycles. The number of hydroxylamine groups is 1. The van der Waals surface area contributed by atoms with E-state index in [1.165, 1.54) is 11.3 Å². The molecule has 3 aromatic rings. The number of rotatable bonds is 8. The molecule has 1 atom stereocenters. The van der Waals surface area contributed by atoms with E-state index in [1.807, 2.05) is 54.9 Å². The molecule has 1 N–H and O–H groups in total. The predicted molar refractivity (Wildman–Crippen MR) is 127 cm³/mol. The van der Waals surface area contributed by atoms with Gasteiger partial charge < -0.3 is 14.2 Å². The summed E-state index contributed by atoms with van der Waals surface area (Å²) in [6.07, 6.45) is 2.45. The molecule has 1 aromatic carbocycles. The number of nitrogens with one attached hydrogen (secondary N) is 1. The van der Waals surface area contributed by atoms with Crippen LogP contribution in [0.5, 0.6) is 11.5 Å². The molecule has 8 nitrogen and oxygen atoms in total. The average Bonchev–Trinajstić information content (AvgIpc) is 3.53. The van der Waals surface area contributed by atoms with Crippen LogP contribution < -0.4 is 15.0 Å². The maximum atomic E-state index is 12.8. The SMILES string of the molecule is CN(Cc1ccc2c(c1)OCO2)Cc1cccc(-c2ccsc2C(=O)NOC2CCCCO2)n1. The van der Waals surface area contributed by atoms with Crippen molar-refractivity contribution in [3.8, 4) is 22.8 Å². The Hall–Kier alpha value is -2.98. The third-order valence-electron chi connectivity index (χ3n) is 5.70. The number of pyridine rings is 1. The van der Waals surface area contributed by atoms with E-state index in [2.05, 4.69) is 10.4 Å². The molecule has 1 amide bonds. The minimum atomic E-state index is -0.386. The Kier molecular flexibility index (Phi) is 7.05. The van der Waals surface area contributed by atoms with Crippen LogP contribution in [-0.4, -0.2) is 42.5 Å². The molecule has 1 saturated heterocycles. The number of hydrogen-bond acceptors (Lipinski definition) is 8. The zero-order chi connectivity index (χ0) is 23.3. The molecule has 2 aromatic heterocycles. The van der Waals surface area contributed by atoms with Gasteiger partial charge in [-0.1, -0.05) is 12.1 Å². The molecular formula is C25H27N3O5S. The number of ether oxygens (including phenoxy) is 3. The Morgan fingerprint density at radius 1 is 1.18 bits per heavy atom. The predicted octanol–water partition coefficient (Wildman–Crippen LogP) is 4.36. The van der Waals surface area contributed by atoms with Crippen LogP contribution in [0.3, 0.4) is 0 Å². The van der Waals surface area contributed by atoms with Crippen molar-refractivity contribution < 1.29 is 23.8 Å². The van der Waals surface area contributed by atoms with Gasteiger partial charge in [0, 0.05) is 31.7 Å². The molecule has 0 spiro atoms. The third kappa shape index (κ3) is 5.39.